The van der Waals surface area contributed by atoms with Crippen LogP contribution in [0, 0.1) is 5.41 Å². The maximum Gasteiger partial charge on any atom is 0.0635 e. The smallest absolute Gasteiger partial charge is 0.0635 e. The molecule has 1 aliphatic heterocycles. The molecule has 2 rings (SSSR count). The van der Waals surface area contributed by atoms with Crippen LogP contribution in [0.4, 0.5) is 0 Å². The van der Waals surface area contributed by atoms with Crippen molar-refractivity contribution in [2.24, 2.45) is 10.5 Å². The quantitative estimate of drug-likeness (QED) is 0.379. The van der Waals surface area contributed by atoms with Gasteiger partial charge in [-0.25, -0.2) is 0 Å². The Morgan fingerprint density at radius 1 is 1.43 bits per heavy atom. The van der Waals surface area contributed by atoms with Gasteiger partial charge in [0.1, 0.15) is 0 Å². The highest BCUT2D eigenvalue weighted by Crippen LogP contribution is 2.52. The molecule has 0 N–H and O–H groups in total. The summed E-state index contributed by atoms with van der Waals surface area (Å²) in [5.74, 6) is 0. The zero-order valence-corrected chi connectivity index (χ0v) is 8.81. The van der Waals surface area contributed by atoms with E-state index < -0.39 is 0 Å². The first-order valence-electron chi connectivity index (χ1n) is 5.35. The summed E-state index contributed by atoms with van der Waals surface area (Å²) >= 11 is 0. The van der Waals surface area contributed by atoms with Gasteiger partial charge in [-0.05, 0) is 43.6 Å². The Hall–Kier alpha value is -0.730. The number of nitrogens with zero attached hydrogens (tertiary/aromatic N) is 3. The molecule has 0 aromatic carbocycles. The van der Waals surface area contributed by atoms with Crippen LogP contribution in [-0.2, 0) is 4.74 Å². The standard InChI is InChI=1S/C10H17N3O/c1-7-8(12-13-11)3-4-9(14-7)10(2)5-6-10/h7-9H,3-6H2,1-2H3/t7?,8-,9+/m1/s1. The van der Waals surface area contributed by atoms with Gasteiger partial charge in [0.15, 0.2) is 0 Å². The molecule has 4 nitrogen and oxygen atoms in total. The molecular weight excluding hydrogens is 178 g/mol. The summed E-state index contributed by atoms with van der Waals surface area (Å²) in [4.78, 5) is 2.86. The Bertz CT molecular complexity index is 269. The summed E-state index contributed by atoms with van der Waals surface area (Å²) in [6, 6.07) is 0.0404. The monoisotopic (exact) mass is 195 g/mol. The maximum atomic E-state index is 8.38. The predicted octanol–water partition coefficient (Wildman–Crippen LogP) is 3.03. The lowest BCUT2D eigenvalue weighted by Gasteiger charge is -2.35. The van der Waals surface area contributed by atoms with Crippen molar-refractivity contribution in [2.75, 3.05) is 0 Å². The van der Waals surface area contributed by atoms with Crippen molar-refractivity contribution in [1.29, 1.82) is 0 Å². The third kappa shape index (κ3) is 1.72. The van der Waals surface area contributed by atoms with Crippen LogP contribution < -0.4 is 0 Å². The average Bonchev–Trinajstić information content (AvgIpc) is 2.89. The van der Waals surface area contributed by atoms with Gasteiger partial charge < -0.3 is 4.74 Å². The third-order valence-electron chi connectivity index (χ3n) is 3.66. The molecule has 14 heavy (non-hydrogen) atoms. The van der Waals surface area contributed by atoms with Gasteiger partial charge in [-0.2, -0.15) is 0 Å². The van der Waals surface area contributed by atoms with E-state index in [0.29, 0.717) is 11.5 Å². The van der Waals surface area contributed by atoms with Crippen LogP contribution in [0.2, 0.25) is 0 Å². The van der Waals surface area contributed by atoms with Crippen LogP contribution in [0.1, 0.15) is 39.5 Å². The fourth-order valence-electron chi connectivity index (χ4n) is 2.22. The lowest BCUT2D eigenvalue weighted by Crippen LogP contribution is -2.39. The molecule has 1 saturated carbocycles. The Balaban J connectivity index is 1.95. The van der Waals surface area contributed by atoms with Gasteiger partial charge in [0.2, 0.25) is 0 Å². The minimum absolute atomic E-state index is 0.0404. The van der Waals surface area contributed by atoms with Crippen molar-refractivity contribution in [3.63, 3.8) is 0 Å². The van der Waals surface area contributed by atoms with Gasteiger partial charge in [-0.15, -0.1) is 0 Å². The molecule has 1 aliphatic carbocycles. The minimum atomic E-state index is 0.0404. The van der Waals surface area contributed by atoms with Crippen LogP contribution in [0.3, 0.4) is 0 Å². The zero-order chi connectivity index (χ0) is 10.2. The number of ether oxygens (including phenoxy) is 1. The SMILES string of the molecule is CC1O[C@H](C2(C)CC2)CC[C@H]1N=[N+]=[N-]. The second-order valence-electron chi connectivity index (χ2n) is 4.83. The summed E-state index contributed by atoms with van der Waals surface area (Å²) in [5, 5.41) is 3.76. The van der Waals surface area contributed by atoms with Crippen LogP contribution in [0.15, 0.2) is 5.11 Å². The first-order chi connectivity index (χ1) is 6.65. The molecule has 2 aliphatic rings. The normalized spacial score (nSPS) is 40.0. The van der Waals surface area contributed by atoms with E-state index in [2.05, 4.69) is 16.9 Å². The van der Waals surface area contributed by atoms with Crippen molar-refractivity contribution >= 4 is 0 Å². The van der Waals surface area contributed by atoms with E-state index in [1.165, 1.54) is 12.8 Å². The van der Waals surface area contributed by atoms with Crippen LogP contribution in [0.25, 0.3) is 10.4 Å². The van der Waals surface area contributed by atoms with Crippen molar-refractivity contribution in [3.8, 4) is 0 Å². The second-order valence-corrected chi connectivity index (χ2v) is 4.83. The van der Waals surface area contributed by atoms with Gasteiger partial charge in [0.25, 0.3) is 0 Å². The summed E-state index contributed by atoms with van der Waals surface area (Å²) in [6.45, 7) is 4.30. The fraction of sp³-hybridized carbons (Fsp3) is 1.00. The Labute approximate surface area is 84.3 Å². The Kier molecular flexibility index (Phi) is 2.41. The molecule has 1 unspecified atom stereocenters. The maximum absolute atomic E-state index is 8.38. The van der Waals surface area contributed by atoms with Crippen molar-refractivity contribution < 1.29 is 4.74 Å². The summed E-state index contributed by atoms with van der Waals surface area (Å²) in [7, 11) is 0. The molecule has 0 spiro atoms. The second kappa shape index (κ2) is 3.44. The topological polar surface area (TPSA) is 58.0 Å². The van der Waals surface area contributed by atoms with E-state index in [-0.39, 0.29) is 12.1 Å². The lowest BCUT2D eigenvalue weighted by molar-refractivity contribution is -0.0818. The summed E-state index contributed by atoms with van der Waals surface area (Å²) < 4.78 is 5.91. The number of hydrogen-bond donors (Lipinski definition) is 0. The van der Waals surface area contributed by atoms with Gasteiger partial charge in [0.05, 0.1) is 18.2 Å². The summed E-state index contributed by atoms with van der Waals surface area (Å²) in [5.41, 5.74) is 8.80. The van der Waals surface area contributed by atoms with E-state index in [1.54, 1.807) is 0 Å². The van der Waals surface area contributed by atoms with E-state index in [0.717, 1.165) is 12.8 Å². The number of hydrogen-bond acceptors (Lipinski definition) is 2. The molecule has 3 atom stereocenters. The van der Waals surface area contributed by atoms with Gasteiger partial charge in [0, 0.05) is 4.91 Å². The molecular formula is C10H17N3O. The zero-order valence-electron chi connectivity index (χ0n) is 8.81. The largest absolute Gasteiger partial charge is 0.374 e. The van der Waals surface area contributed by atoms with Crippen LogP contribution >= 0.6 is 0 Å². The van der Waals surface area contributed by atoms with E-state index in [4.69, 9.17) is 10.3 Å². The molecule has 1 heterocycles. The average molecular weight is 195 g/mol. The Morgan fingerprint density at radius 2 is 2.14 bits per heavy atom. The lowest BCUT2D eigenvalue weighted by atomic mass is 9.91. The molecule has 0 aromatic heterocycles. The van der Waals surface area contributed by atoms with Crippen molar-refractivity contribution in [1.82, 2.24) is 0 Å². The predicted molar refractivity (Wildman–Crippen MR) is 53.8 cm³/mol. The fourth-order valence-corrected chi connectivity index (χ4v) is 2.22. The molecule has 2 fully saturated rings. The summed E-state index contributed by atoms with van der Waals surface area (Å²) in [6.07, 6.45) is 5.08. The first-order valence-corrected chi connectivity index (χ1v) is 5.35. The molecule has 0 bridgehead atoms. The molecule has 0 radical (unpaired) electrons. The van der Waals surface area contributed by atoms with E-state index >= 15 is 0 Å². The Morgan fingerprint density at radius 3 is 2.64 bits per heavy atom. The minimum Gasteiger partial charge on any atom is -0.374 e. The highest BCUT2D eigenvalue weighted by Gasteiger charge is 2.47. The molecule has 4 heteroatoms. The van der Waals surface area contributed by atoms with Gasteiger partial charge in [-0.3, -0.25) is 0 Å². The highest BCUT2D eigenvalue weighted by molar-refractivity contribution is 4.98. The van der Waals surface area contributed by atoms with E-state index in [1.807, 2.05) is 6.92 Å². The molecule has 0 aromatic rings. The van der Waals surface area contributed by atoms with E-state index in [9.17, 15) is 0 Å². The third-order valence-corrected chi connectivity index (χ3v) is 3.66. The van der Waals surface area contributed by atoms with Gasteiger partial charge in [-0.1, -0.05) is 12.0 Å². The molecule has 1 saturated heterocycles. The number of azide groups is 1. The highest BCUT2D eigenvalue weighted by atomic mass is 16.5. The van der Waals surface area contributed by atoms with Crippen LogP contribution in [-0.4, -0.2) is 18.2 Å². The number of rotatable bonds is 2. The molecule has 0 amide bonds. The van der Waals surface area contributed by atoms with Crippen molar-refractivity contribution in [2.45, 2.75) is 57.8 Å². The van der Waals surface area contributed by atoms with Gasteiger partial charge >= 0.3 is 0 Å². The first kappa shape index (κ1) is 9.81. The van der Waals surface area contributed by atoms with Crippen molar-refractivity contribution in [3.05, 3.63) is 10.4 Å². The van der Waals surface area contributed by atoms with Crippen LogP contribution in [0.5, 0.6) is 0 Å². The molecule has 78 valence electrons.